The second kappa shape index (κ2) is 5.91. The number of nitrogens with zero attached hydrogens (tertiary/aromatic N) is 1. The molecule has 1 aliphatic carbocycles. The molecule has 3 rings (SSSR count). The van der Waals surface area contributed by atoms with Gasteiger partial charge in [0.1, 0.15) is 0 Å². The van der Waals surface area contributed by atoms with Crippen LogP contribution in [0.5, 0.6) is 0 Å². The lowest BCUT2D eigenvalue weighted by molar-refractivity contribution is -0.123. The molecule has 0 bridgehead atoms. The highest BCUT2D eigenvalue weighted by Crippen LogP contribution is 2.35. The third kappa shape index (κ3) is 2.84. The smallest absolute Gasteiger partial charge is 0.223 e. The maximum absolute atomic E-state index is 13.5. The van der Waals surface area contributed by atoms with Crippen LogP contribution in [0.15, 0.2) is 12.1 Å². The molecule has 1 aromatic carbocycles. The number of rotatable bonds is 4. The summed E-state index contributed by atoms with van der Waals surface area (Å²) in [6.45, 7) is 3.38. The molecule has 2 atom stereocenters. The van der Waals surface area contributed by atoms with Crippen molar-refractivity contribution in [2.45, 2.75) is 38.3 Å². The second-order valence-corrected chi connectivity index (χ2v) is 6.05. The fourth-order valence-electron chi connectivity index (χ4n) is 3.20. The summed E-state index contributed by atoms with van der Waals surface area (Å²) in [5.41, 5.74) is 0.372. The van der Waals surface area contributed by atoms with Crippen molar-refractivity contribution in [2.24, 2.45) is 5.92 Å². The van der Waals surface area contributed by atoms with E-state index in [1.807, 2.05) is 11.8 Å². The van der Waals surface area contributed by atoms with E-state index in [1.54, 1.807) is 0 Å². The summed E-state index contributed by atoms with van der Waals surface area (Å²) in [5.74, 6) is -3.74. The van der Waals surface area contributed by atoms with E-state index in [2.05, 4.69) is 5.32 Å². The molecule has 1 amide bonds. The first-order valence-corrected chi connectivity index (χ1v) is 7.70. The topological polar surface area (TPSA) is 32.3 Å². The van der Waals surface area contributed by atoms with Gasteiger partial charge >= 0.3 is 0 Å². The molecular weight excluding hydrogens is 293 g/mol. The summed E-state index contributed by atoms with van der Waals surface area (Å²) >= 11 is 0. The van der Waals surface area contributed by atoms with Gasteiger partial charge in [0.05, 0.1) is 6.04 Å². The van der Waals surface area contributed by atoms with Gasteiger partial charge in [0.2, 0.25) is 5.91 Å². The average Bonchev–Trinajstić information content (AvgIpc) is 3.26. The molecule has 1 saturated carbocycles. The summed E-state index contributed by atoms with van der Waals surface area (Å²) in [6.07, 6.45) is 2.53. The molecule has 2 aliphatic rings. The minimum atomic E-state index is -1.46. The van der Waals surface area contributed by atoms with Crippen LogP contribution in [0, 0.1) is 23.4 Å². The minimum absolute atomic E-state index is 0.0102. The van der Waals surface area contributed by atoms with Gasteiger partial charge in [0.25, 0.3) is 0 Å². The number of carbonyl (C=O) groups excluding carboxylic acids is 1. The molecule has 1 aliphatic heterocycles. The Kier molecular flexibility index (Phi) is 4.12. The van der Waals surface area contributed by atoms with E-state index < -0.39 is 17.5 Å². The standard InChI is InChI=1S/C16H19F3N2O/c1-2-21-6-5-13(20-16(22)9-3-4-9)15(21)10-7-11(17)14(19)12(18)8-10/h7-9,13,15H,2-6H2,1H3,(H,20,22)/t13-,15-/m0/s1. The molecule has 0 unspecified atom stereocenters. The average molecular weight is 312 g/mol. The van der Waals surface area contributed by atoms with Gasteiger partial charge in [-0.25, -0.2) is 13.2 Å². The first-order valence-electron chi connectivity index (χ1n) is 7.70. The molecule has 2 fully saturated rings. The first kappa shape index (κ1) is 15.3. The Morgan fingerprint density at radius 1 is 1.23 bits per heavy atom. The number of likely N-dealkylation sites (N-methyl/N-ethyl adjacent to an activating group) is 1. The molecule has 0 aromatic heterocycles. The lowest BCUT2D eigenvalue weighted by Crippen LogP contribution is -2.40. The lowest BCUT2D eigenvalue weighted by atomic mass is 9.99. The molecule has 0 spiro atoms. The van der Waals surface area contributed by atoms with Crippen LogP contribution in [-0.4, -0.2) is 29.9 Å². The minimum Gasteiger partial charge on any atom is -0.351 e. The van der Waals surface area contributed by atoms with E-state index in [4.69, 9.17) is 0 Å². The van der Waals surface area contributed by atoms with Crippen LogP contribution in [0.25, 0.3) is 0 Å². The van der Waals surface area contributed by atoms with Crippen LogP contribution >= 0.6 is 0 Å². The Balaban J connectivity index is 1.87. The molecule has 120 valence electrons. The Hall–Kier alpha value is -1.56. The van der Waals surface area contributed by atoms with E-state index in [0.29, 0.717) is 12.1 Å². The Bertz CT molecular complexity index is 566. The molecule has 1 heterocycles. The fourth-order valence-corrected chi connectivity index (χ4v) is 3.20. The zero-order valence-corrected chi connectivity index (χ0v) is 12.4. The van der Waals surface area contributed by atoms with E-state index in [9.17, 15) is 18.0 Å². The zero-order chi connectivity index (χ0) is 15.9. The van der Waals surface area contributed by atoms with Gasteiger partial charge < -0.3 is 5.32 Å². The van der Waals surface area contributed by atoms with Gasteiger partial charge in [-0.15, -0.1) is 0 Å². The summed E-state index contributed by atoms with van der Waals surface area (Å²) in [5, 5.41) is 2.99. The van der Waals surface area contributed by atoms with Crippen molar-refractivity contribution in [3.63, 3.8) is 0 Å². The van der Waals surface area contributed by atoms with Crippen molar-refractivity contribution in [1.29, 1.82) is 0 Å². The highest BCUT2D eigenvalue weighted by atomic mass is 19.2. The van der Waals surface area contributed by atoms with E-state index in [1.165, 1.54) is 0 Å². The monoisotopic (exact) mass is 312 g/mol. The number of hydrogen-bond acceptors (Lipinski definition) is 2. The quantitative estimate of drug-likeness (QED) is 0.867. The number of benzene rings is 1. The van der Waals surface area contributed by atoms with Crippen molar-refractivity contribution in [2.75, 3.05) is 13.1 Å². The number of likely N-dealkylation sites (tertiary alicyclic amines) is 1. The van der Waals surface area contributed by atoms with Crippen LogP contribution in [-0.2, 0) is 4.79 Å². The highest BCUT2D eigenvalue weighted by molar-refractivity contribution is 5.81. The molecule has 22 heavy (non-hydrogen) atoms. The van der Waals surface area contributed by atoms with Crippen molar-refractivity contribution in [3.8, 4) is 0 Å². The predicted octanol–water partition coefficient (Wildman–Crippen LogP) is 2.77. The van der Waals surface area contributed by atoms with Gasteiger partial charge in [-0.1, -0.05) is 6.92 Å². The van der Waals surface area contributed by atoms with E-state index in [0.717, 1.165) is 37.9 Å². The third-order valence-corrected chi connectivity index (χ3v) is 4.53. The maximum atomic E-state index is 13.5. The van der Waals surface area contributed by atoms with Gasteiger partial charge in [-0.2, -0.15) is 0 Å². The first-order chi connectivity index (χ1) is 10.5. The number of hydrogen-bond donors (Lipinski definition) is 1. The predicted molar refractivity (Wildman–Crippen MR) is 75.6 cm³/mol. The van der Waals surface area contributed by atoms with E-state index in [-0.39, 0.29) is 23.9 Å². The van der Waals surface area contributed by atoms with Gasteiger partial charge in [0, 0.05) is 18.5 Å². The number of amides is 1. The lowest BCUT2D eigenvalue weighted by Gasteiger charge is -2.28. The Morgan fingerprint density at radius 3 is 2.41 bits per heavy atom. The van der Waals surface area contributed by atoms with Crippen LogP contribution in [0.3, 0.4) is 0 Å². The molecular formula is C16H19F3N2O. The summed E-state index contributed by atoms with van der Waals surface area (Å²) in [4.78, 5) is 14.0. The fraction of sp³-hybridized carbons (Fsp3) is 0.562. The van der Waals surface area contributed by atoms with Crippen LogP contribution in [0.2, 0.25) is 0 Å². The normalized spacial score (nSPS) is 25.5. The number of halogens is 3. The summed E-state index contributed by atoms with van der Waals surface area (Å²) in [6, 6.07) is 1.55. The summed E-state index contributed by atoms with van der Waals surface area (Å²) in [7, 11) is 0. The van der Waals surface area contributed by atoms with Gasteiger partial charge in [-0.3, -0.25) is 9.69 Å². The largest absolute Gasteiger partial charge is 0.351 e. The van der Waals surface area contributed by atoms with Crippen LogP contribution < -0.4 is 5.32 Å². The molecule has 1 saturated heterocycles. The SMILES string of the molecule is CCN1CC[C@H](NC(=O)C2CC2)[C@@H]1c1cc(F)c(F)c(F)c1. The van der Waals surface area contributed by atoms with Crippen molar-refractivity contribution >= 4 is 5.91 Å². The molecule has 6 heteroatoms. The highest BCUT2D eigenvalue weighted by Gasteiger charge is 2.39. The van der Waals surface area contributed by atoms with Crippen molar-refractivity contribution in [1.82, 2.24) is 10.2 Å². The second-order valence-electron chi connectivity index (χ2n) is 6.05. The van der Waals surface area contributed by atoms with Gasteiger partial charge in [0.15, 0.2) is 17.5 Å². The molecule has 1 N–H and O–H groups in total. The number of nitrogens with one attached hydrogen (secondary N) is 1. The maximum Gasteiger partial charge on any atom is 0.223 e. The van der Waals surface area contributed by atoms with Crippen molar-refractivity contribution in [3.05, 3.63) is 35.1 Å². The molecule has 3 nitrogen and oxygen atoms in total. The molecule has 0 radical (unpaired) electrons. The van der Waals surface area contributed by atoms with Gasteiger partial charge in [-0.05, 0) is 43.5 Å². The van der Waals surface area contributed by atoms with E-state index >= 15 is 0 Å². The number of carbonyl (C=O) groups is 1. The van der Waals surface area contributed by atoms with Crippen LogP contribution in [0.4, 0.5) is 13.2 Å². The Labute approximate surface area is 127 Å². The zero-order valence-electron chi connectivity index (χ0n) is 12.4. The third-order valence-electron chi connectivity index (χ3n) is 4.53. The molecule has 1 aromatic rings. The van der Waals surface area contributed by atoms with Crippen molar-refractivity contribution < 1.29 is 18.0 Å². The van der Waals surface area contributed by atoms with Crippen LogP contribution in [0.1, 0.15) is 37.8 Å². The Morgan fingerprint density at radius 2 is 1.86 bits per heavy atom. The summed E-state index contributed by atoms with van der Waals surface area (Å²) < 4.78 is 40.2.